The Bertz CT molecular complexity index is 696. The Morgan fingerprint density at radius 3 is 2.77 bits per heavy atom. The van der Waals surface area contributed by atoms with Crippen molar-refractivity contribution in [1.29, 1.82) is 0 Å². The maximum Gasteiger partial charge on any atom is 0.308 e. The summed E-state index contributed by atoms with van der Waals surface area (Å²) in [5, 5.41) is 11.9. The number of imidazole rings is 1. The molecule has 22 heavy (non-hydrogen) atoms. The first kappa shape index (κ1) is 16.3. The zero-order valence-electron chi connectivity index (χ0n) is 12.4. The van der Waals surface area contributed by atoms with Crippen LogP contribution < -0.4 is 5.32 Å². The van der Waals surface area contributed by atoms with Gasteiger partial charge in [0, 0.05) is 12.7 Å². The van der Waals surface area contributed by atoms with E-state index in [4.69, 9.17) is 11.6 Å². The van der Waals surface area contributed by atoms with Crippen LogP contribution in [0.4, 0.5) is 0 Å². The first-order chi connectivity index (χ1) is 10.4. The number of nitrogens with one attached hydrogen (secondary N) is 1. The predicted octanol–water partition coefficient (Wildman–Crippen LogP) is 2.46. The van der Waals surface area contributed by atoms with Crippen molar-refractivity contribution in [3.05, 3.63) is 35.2 Å². The molecule has 2 rings (SSSR count). The topological polar surface area (TPSA) is 83.7 Å². The summed E-state index contributed by atoms with van der Waals surface area (Å²) in [6.45, 7) is 3.95. The molecule has 0 saturated heterocycles. The first-order valence-corrected chi connectivity index (χ1v) is 7.41. The lowest BCUT2D eigenvalue weighted by atomic mass is 9.97. The lowest BCUT2D eigenvalue weighted by molar-refractivity contribution is -0.142. The van der Waals surface area contributed by atoms with E-state index in [1.165, 1.54) is 0 Å². The normalized spacial score (nSPS) is 12.5. The molecule has 6 nitrogen and oxygen atoms in total. The van der Waals surface area contributed by atoms with Crippen LogP contribution in [-0.4, -0.2) is 32.9 Å². The predicted molar refractivity (Wildman–Crippen MR) is 83.1 cm³/mol. The van der Waals surface area contributed by atoms with Crippen molar-refractivity contribution in [2.24, 2.45) is 11.8 Å². The van der Waals surface area contributed by atoms with E-state index < -0.39 is 17.8 Å². The van der Waals surface area contributed by atoms with Crippen molar-refractivity contribution in [2.45, 2.75) is 20.3 Å². The second-order valence-corrected chi connectivity index (χ2v) is 5.91. The SMILES string of the molecule is CC(C)C[C@@H](CNC(=O)c1c(Cl)nc2ccccn12)C(=O)O. The van der Waals surface area contributed by atoms with Gasteiger partial charge in [-0.15, -0.1) is 0 Å². The first-order valence-electron chi connectivity index (χ1n) is 7.03. The Morgan fingerprint density at radius 2 is 2.14 bits per heavy atom. The number of carbonyl (C=O) groups is 2. The molecule has 2 N–H and O–H groups in total. The molecule has 0 radical (unpaired) electrons. The van der Waals surface area contributed by atoms with Crippen LogP contribution in [0.15, 0.2) is 24.4 Å². The molecule has 0 aliphatic rings. The number of halogens is 1. The number of hydrogen-bond acceptors (Lipinski definition) is 3. The van der Waals surface area contributed by atoms with Crippen molar-refractivity contribution in [2.75, 3.05) is 6.54 Å². The van der Waals surface area contributed by atoms with Crippen molar-refractivity contribution in [3.8, 4) is 0 Å². The summed E-state index contributed by atoms with van der Waals surface area (Å²) in [5.74, 6) is -1.74. The van der Waals surface area contributed by atoms with Gasteiger partial charge in [-0.25, -0.2) is 4.98 Å². The van der Waals surface area contributed by atoms with Gasteiger partial charge in [-0.3, -0.25) is 14.0 Å². The van der Waals surface area contributed by atoms with Gasteiger partial charge in [-0.2, -0.15) is 0 Å². The summed E-state index contributed by atoms with van der Waals surface area (Å²) >= 11 is 6.02. The summed E-state index contributed by atoms with van der Waals surface area (Å²) in [5.41, 5.74) is 0.778. The van der Waals surface area contributed by atoms with Crippen LogP contribution >= 0.6 is 11.6 Å². The minimum absolute atomic E-state index is 0.0583. The standard InChI is InChI=1S/C15H18ClN3O3/c1-9(2)7-10(15(21)22)8-17-14(20)12-13(16)18-11-5-3-4-6-19(11)12/h3-6,9-10H,7-8H2,1-2H3,(H,17,20)(H,21,22)/t10-/m0/s1. The summed E-state index contributed by atoms with van der Waals surface area (Å²) in [6, 6.07) is 5.30. The lowest BCUT2D eigenvalue weighted by Crippen LogP contribution is -2.34. The van der Waals surface area contributed by atoms with Crippen LogP contribution in [0.2, 0.25) is 5.15 Å². The van der Waals surface area contributed by atoms with Gasteiger partial charge in [0.25, 0.3) is 5.91 Å². The molecule has 0 aliphatic carbocycles. The third kappa shape index (κ3) is 3.57. The average molecular weight is 324 g/mol. The number of fused-ring (bicyclic) bond motifs is 1. The Kier molecular flexibility index (Phi) is 5.03. The zero-order chi connectivity index (χ0) is 16.3. The Balaban J connectivity index is 2.14. The highest BCUT2D eigenvalue weighted by Crippen LogP contribution is 2.18. The highest BCUT2D eigenvalue weighted by atomic mass is 35.5. The molecule has 0 unspecified atom stereocenters. The second kappa shape index (κ2) is 6.79. The molecule has 0 spiro atoms. The molecule has 0 bridgehead atoms. The van der Waals surface area contributed by atoms with E-state index in [0.717, 1.165) is 0 Å². The van der Waals surface area contributed by atoms with Crippen LogP contribution in [0.5, 0.6) is 0 Å². The van der Waals surface area contributed by atoms with Gasteiger partial charge in [-0.05, 0) is 24.5 Å². The molecule has 1 amide bonds. The molecule has 0 saturated carbocycles. The zero-order valence-corrected chi connectivity index (χ0v) is 13.2. The summed E-state index contributed by atoms with van der Waals surface area (Å²) < 4.78 is 1.58. The number of rotatable bonds is 6. The Labute approximate surface area is 133 Å². The molecule has 1 atom stereocenters. The second-order valence-electron chi connectivity index (χ2n) is 5.55. The Hall–Kier alpha value is -2.08. The summed E-state index contributed by atoms with van der Waals surface area (Å²) in [4.78, 5) is 27.6. The molecular formula is C15H18ClN3O3. The number of carbonyl (C=O) groups excluding carboxylic acids is 1. The summed E-state index contributed by atoms with van der Waals surface area (Å²) in [7, 11) is 0. The van der Waals surface area contributed by atoms with E-state index in [9.17, 15) is 14.7 Å². The van der Waals surface area contributed by atoms with E-state index in [-0.39, 0.29) is 23.3 Å². The molecule has 2 aromatic rings. The van der Waals surface area contributed by atoms with Gasteiger partial charge in [0.1, 0.15) is 5.65 Å². The van der Waals surface area contributed by atoms with Crippen molar-refractivity contribution in [3.63, 3.8) is 0 Å². The van der Waals surface area contributed by atoms with Gasteiger partial charge < -0.3 is 10.4 Å². The largest absolute Gasteiger partial charge is 0.481 e. The van der Waals surface area contributed by atoms with Gasteiger partial charge in [-0.1, -0.05) is 31.5 Å². The molecule has 0 aliphatic heterocycles. The fraction of sp³-hybridized carbons (Fsp3) is 0.400. The van der Waals surface area contributed by atoms with Crippen molar-refractivity contribution >= 4 is 29.1 Å². The number of carboxylic acid groups (broad SMARTS) is 1. The van der Waals surface area contributed by atoms with Crippen LogP contribution in [0, 0.1) is 11.8 Å². The van der Waals surface area contributed by atoms with Gasteiger partial charge >= 0.3 is 5.97 Å². The maximum absolute atomic E-state index is 12.3. The van der Waals surface area contributed by atoms with E-state index >= 15 is 0 Å². The quantitative estimate of drug-likeness (QED) is 0.855. The minimum Gasteiger partial charge on any atom is -0.481 e. The van der Waals surface area contributed by atoms with Gasteiger partial charge in [0.05, 0.1) is 5.92 Å². The molecule has 0 aromatic carbocycles. The van der Waals surface area contributed by atoms with Crippen LogP contribution in [0.25, 0.3) is 5.65 Å². The fourth-order valence-electron chi connectivity index (χ4n) is 2.31. The van der Waals surface area contributed by atoms with Crippen molar-refractivity contribution in [1.82, 2.24) is 14.7 Å². The van der Waals surface area contributed by atoms with Gasteiger partial charge in [0.2, 0.25) is 0 Å². The van der Waals surface area contributed by atoms with E-state index in [1.807, 2.05) is 13.8 Å². The maximum atomic E-state index is 12.3. The number of pyridine rings is 1. The smallest absolute Gasteiger partial charge is 0.308 e. The number of hydrogen-bond donors (Lipinski definition) is 2. The molecule has 118 valence electrons. The molecule has 2 heterocycles. The molecule has 2 aromatic heterocycles. The van der Waals surface area contributed by atoms with E-state index in [2.05, 4.69) is 10.3 Å². The number of aromatic nitrogens is 2. The van der Waals surface area contributed by atoms with Crippen LogP contribution in [0.1, 0.15) is 30.8 Å². The monoisotopic (exact) mass is 323 g/mol. The Morgan fingerprint density at radius 1 is 1.41 bits per heavy atom. The highest BCUT2D eigenvalue weighted by molar-refractivity contribution is 6.32. The van der Waals surface area contributed by atoms with Gasteiger partial charge in [0.15, 0.2) is 10.8 Å². The lowest BCUT2D eigenvalue weighted by Gasteiger charge is -2.15. The minimum atomic E-state index is -0.918. The third-order valence-electron chi connectivity index (χ3n) is 3.32. The van der Waals surface area contributed by atoms with Crippen LogP contribution in [-0.2, 0) is 4.79 Å². The van der Waals surface area contributed by atoms with E-state index in [1.54, 1.807) is 28.8 Å². The van der Waals surface area contributed by atoms with E-state index in [0.29, 0.717) is 12.1 Å². The number of aliphatic carboxylic acids is 1. The average Bonchev–Trinajstić information content (AvgIpc) is 2.78. The number of carboxylic acids is 1. The third-order valence-corrected chi connectivity index (χ3v) is 3.58. The molecule has 7 heteroatoms. The number of nitrogens with zero attached hydrogens (tertiary/aromatic N) is 2. The highest BCUT2D eigenvalue weighted by Gasteiger charge is 2.22. The van der Waals surface area contributed by atoms with Crippen LogP contribution in [0.3, 0.4) is 0 Å². The molecule has 0 fully saturated rings. The van der Waals surface area contributed by atoms with Crippen molar-refractivity contribution < 1.29 is 14.7 Å². The summed E-state index contributed by atoms with van der Waals surface area (Å²) in [6.07, 6.45) is 2.18. The molecular weight excluding hydrogens is 306 g/mol. The fourth-order valence-corrected chi connectivity index (χ4v) is 2.57. The number of amides is 1.